The van der Waals surface area contributed by atoms with Gasteiger partial charge in [0.25, 0.3) is 5.91 Å². The highest BCUT2D eigenvalue weighted by Gasteiger charge is 2.30. The molecule has 0 saturated carbocycles. The van der Waals surface area contributed by atoms with Crippen LogP contribution in [0.5, 0.6) is 0 Å². The molecule has 1 aliphatic carbocycles. The first kappa shape index (κ1) is 17.7. The SMILES string of the molecule is C[C@@H]1CC(=O)Nc2ccccc2N1C(=O)COC(=O)c1cc2c(s1)CCC2. The molecule has 0 saturated heterocycles. The molecule has 1 aliphatic heterocycles. The van der Waals surface area contributed by atoms with Crippen LogP contribution >= 0.6 is 11.3 Å². The first-order valence-corrected chi connectivity index (χ1v) is 9.84. The normalized spacial score (nSPS) is 18.3. The van der Waals surface area contributed by atoms with Crippen LogP contribution in [0.25, 0.3) is 0 Å². The average Bonchev–Trinajstić information content (AvgIpc) is 3.20. The Kier molecular flexibility index (Phi) is 4.70. The van der Waals surface area contributed by atoms with Gasteiger partial charge < -0.3 is 15.0 Å². The molecule has 1 N–H and O–H groups in total. The zero-order valence-corrected chi connectivity index (χ0v) is 15.8. The van der Waals surface area contributed by atoms with Gasteiger partial charge in [0.1, 0.15) is 4.88 Å². The van der Waals surface area contributed by atoms with Gasteiger partial charge in [-0.15, -0.1) is 11.3 Å². The standard InChI is InChI=1S/C20H20N2O4S/c1-12-9-18(23)21-14-6-2-3-7-15(14)22(12)19(24)11-26-20(25)17-10-13-5-4-8-16(13)27-17/h2-3,6-7,10,12H,4-5,8-9,11H2,1H3,(H,21,23)/t12-/m1/s1. The van der Waals surface area contributed by atoms with Crippen LogP contribution in [0, 0.1) is 0 Å². The van der Waals surface area contributed by atoms with Gasteiger partial charge in [0.15, 0.2) is 6.61 Å². The molecule has 2 amide bonds. The van der Waals surface area contributed by atoms with Gasteiger partial charge in [0, 0.05) is 17.3 Å². The third-order valence-electron chi connectivity index (χ3n) is 4.90. The van der Waals surface area contributed by atoms with E-state index in [0.717, 1.165) is 19.3 Å². The van der Waals surface area contributed by atoms with Gasteiger partial charge in [0.2, 0.25) is 5.91 Å². The number of aryl methyl sites for hydroxylation is 2. The van der Waals surface area contributed by atoms with Crippen molar-refractivity contribution in [1.29, 1.82) is 0 Å². The van der Waals surface area contributed by atoms with E-state index in [1.165, 1.54) is 26.7 Å². The molecule has 0 unspecified atom stereocenters. The zero-order valence-electron chi connectivity index (χ0n) is 15.0. The Hall–Kier alpha value is -2.67. The second-order valence-electron chi connectivity index (χ2n) is 6.87. The van der Waals surface area contributed by atoms with E-state index in [9.17, 15) is 14.4 Å². The fourth-order valence-corrected chi connectivity index (χ4v) is 4.81. The molecule has 1 aromatic carbocycles. The van der Waals surface area contributed by atoms with Crippen molar-refractivity contribution >= 4 is 40.5 Å². The lowest BCUT2D eigenvalue weighted by Crippen LogP contribution is -2.41. The van der Waals surface area contributed by atoms with E-state index in [1.54, 1.807) is 18.2 Å². The van der Waals surface area contributed by atoms with E-state index in [1.807, 2.05) is 19.1 Å². The molecule has 0 fully saturated rings. The molecule has 1 aromatic heterocycles. The van der Waals surface area contributed by atoms with Crippen molar-refractivity contribution in [1.82, 2.24) is 0 Å². The number of rotatable bonds is 3. The lowest BCUT2D eigenvalue weighted by atomic mass is 10.1. The molecular weight excluding hydrogens is 364 g/mol. The maximum Gasteiger partial charge on any atom is 0.348 e. The van der Waals surface area contributed by atoms with E-state index in [0.29, 0.717) is 16.3 Å². The van der Waals surface area contributed by atoms with Crippen LogP contribution in [-0.2, 0) is 27.2 Å². The molecule has 27 heavy (non-hydrogen) atoms. The quantitative estimate of drug-likeness (QED) is 0.825. The van der Waals surface area contributed by atoms with Gasteiger partial charge in [-0.05, 0) is 49.9 Å². The van der Waals surface area contributed by atoms with Crippen LogP contribution in [-0.4, -0.2) is 30.4 Å². The van der Waals surface area contributed by atoms with E-state index >= 15 is 0 Å². The maximum atomic E-state index is 12.8. The minimum absolute atomic E-state index is 0.143. The molecular formula is C20H20N2O4S. The Bertz CT molecular complexity index is 899. The van der Waals surface area contributed by atoms with Gasteiger partial charge in [-0.3, -0.25) is 9.59 Å². The van der Waals surface area contributed by atoms with Crippen molar-refractivity contribution < 1.29 is 19.1 Å². The highest BCUT2D eigenvalue weighted by molar-refractivity contribution is 7.14. The minimum atomic E-state index is -0.465. The van der Waals surface area contributed by atoms with Gasteiger partial charge >= 0.3 is 5.97 Å². The number of anilines is 2. The number of para-hydroxylation sites is 2. The predicted octanol–water partition coefficient (Wildman–Crippen LogP) is 3.16. The molecule has 0 bridgehead atoms. The number of carbonyl (C=O) groups is 3. The van der Waals surface area contributed by atoms with E-state index in [-0.39, 0.29) is 30.9 Å². The summed E-state index contributed by atoms with van der Waals surface area (Å²) in [5.74, 6) is -0.952. The number of benzene rings is 1. The third kappa shape index (κ3) is 3.47. The van der Waals surface area contributed by atoms with Crippen molar-refractivity contribution in [3.63, 3.8) is 0 Å². The fraction of sp³-hybridized carbons (Fsp3) is 0.350. The Morgan fingerprint density at radius 3 is 2.93 bits per heavy atom. The molecule has 7 heteroatoms. The summed E-state index contributed by atoms with van der Waals surface area (Å²) in [5, 5.41) is 2.81. The Balaban J connectivity index is 1.48. The van der Waals surface area contributed by atoms with Crippen molar-refractivity contribution in [3.05, 3.63) is 45.6 Å². The number of nitrogens with zero attached hydrogens (tertiary/aromatic N) is 1. The lowest BCUT2D eigenvalue weighted by Gasteiger charge is -2.27. The van der Waals surface area contributed by atoms with Gasteiger partial charge in [0.05, 0.1) is 11.4 Å². The molecule has 2 heterocycles. The molecule has 6 nitrogen and oxygen atoms in total. The number of hydrogen-bond donors (Lipinski definition) is 1. The van der Waals surface area contributed by atoms with Crippen LogP contribution in [0.1, 0.15) is 39.9 Å². The smallest absolute Gasteiger partial charge is 0.348 e. The fourth-order valence-electron chi connectivity index (χ4n) is 3.67. The Labute approximate surface area is 161 Å². The number of nitrogens with one attached hydrogen (secondary N) is 1. The van der Waals surface area contributed by atoms with Gasteiger partial charge in [-0.2, -0.15) is 0 Å². The van der Waals surface area contributed by atoms with Crippen LogP contribution in [0.2, 0.25) is 0 Å². The number of esters is 1. The van der Waals surface area contributed by atoms with Gasteiger partial charge in [-0.25, -0.2) is 4.79 Å². The van der Waals surface area contributed by atoms with Gasteiger partial charge in [-0.1, -0.05) is 12.1 Å². The lowest BCUT2D eigenvalue weighted by molar-refractivity contribution is -0.122. The van der Waals surface area contributed by atoms with Crippen LogP contribution in [0.15, 0.2) is 30.3 Å². The third-order valence-corrected chi connectivity index (χ3v) is 6.12. The number of thiophene rings is 1. The second-order valence-corrected chi connectivity index (χ2v) is 8.01. The molecule has 1 atom stereocenters. The number of ether oxygens (including phenoxy) is 1. The molecule has 4 rings (SSSR count). The highest BCUT2D eigenvalue weighted by Crippen LogP contribution is 2.32. The van der Waals surface area contributed by atoms with Crippen LogP contribution in [0.4, 0.5) is 11.4 Å². The number of amides is 2. The number of fused-ring (bicyclic) bond motifs is 2. The van der Waals surface area contributed by atoms with Crippen LogP contribution in [0.3, 0.4) is 0 Å². The largest absolute Gasteiger partial charge is 0.451 e. The molecule has 0 spiro atoms. The summed E-state index contributed by atoms with van der Waals surface area (Å²) in [7, 11) is 0. The summed E-state index contributed by atoms with van der Waals surface area (Å²) in [6, 6.07) is 8.69. The summed E-state index contributed by atoms with van der Waals surface area (Å²) in [6.07, 6.45) is 3.33. The average molecular weight is 384 g/mol. The molecule has 0 radical (unpaired) electrons. The summed E-state index contributed by atoms with van der Waals surface area (Å²) in [6.45, 7) is 1.46. The Morgan fingerprint density at radius 1 is 1.30 bits per heavy atom. The Morgan fingerprint density at radius 2 is 2.11 bits per heavy atom. The monoisotopic (exact) mass is 384 g/mol. The van der Waals surface area contributed by atoms with E-state index < -0.39 is 5.97 Å². The van der Waals surface area contributed by atoms with E-state index in [2.05, 4.69) is 5.32 Å². The second kappa shape index (κ2) is 7.15. The predicted molar refractivity (Wildman–Crippen MR) is 103 cm³/mol. The number of carbonyl (C=O) groups excluding carboxylic acids is 3. The van der Waals surface area contributed by atoms with Crippen LogP contribution < -0.4 is 10.2 Å². The maximum absolute atomic E-state index is 12.8. The molecule has 2 aromatic rings. The van der Waals surface area contributed by atoms with Crippen molar-refractivity contribution in [2.24, 2.45) is 0 Å². The first-order valence-electron chi connectivity index (χ1n) is 9.02. The first-order chi connectivity index (χ1) is 13.0. The summed E-state index contributed by atoms with van der Waals surface area (Å²) in [5.41, 5.74) is 2.42. The highest BCUT2D eigenvalue weighted by atomic mass is 32.1. The zero-order chi connectivity index (χ0) is 19.0. The summed E-state index contributed by atoms with van der Waals surface area (Å²) in [4.78, 5) is 40.5. The minimum Gasteiger partial charge on any atom is -0.451 e. The van der Waals surface area contributed by atoms with E-state index in [4.69, 9.17) is 4.74 Å². The van der Waals surface area contributed by atoms with Crippen molar-refractivity contribution in [2.45, 2.75) is 38.6 Å². The van der Waals surface area contributed by atoms with Crippen molar-refractivity contribution in [2.75, 3.05) is 16.8 Å². The molecule has 2 aliphatic rings. The topological polar surface area (TPSA) is 75.7 Å². The number of hydrogen-bond acceptors (Lipinski definition) is 5. The molecule has 140 valence electrons. The summed E-state index contributed by atoms with van der Waals surface area (Å²) < 4.78 is 5.29. The van der Waals surface area contributed by atoms with Crippen molar-refractivity contribution in [3.8, 4) is 0 Å². The summed E-state index contributed by atoms with van der Waals surface area (Å²) >= 11 is 1.46.